The van der Waals surface area contributed by atoms with E-state index in [9.17, 15) is 14.7 Å². The van der Waals surface area contributed by atoms with Gasteiger partial charge in [-0.1, -0.05) is 12.1 Å². The van der Waals surface area contributed by atoms with Crippen LogP contribution in [0.25, 0.3) is 0 Å². The average molecular weight is 307 g/mol. The van der Waals surface area contributed by atoms with E-state index in [0.717, 1.165) is 5.56 Å². The highest BCUT2D eigenvalue weighted by Crippen LogP contribution is 2.31. The zero-order valence-electron chi connectivity index (χ0n) is 13.3. The molecule has 1 aliphatic rings. The third-order valence-corrected chi connectivity index (χ3v) is 3.46. The quantitative estimate of drug-likeness (QED) is 0.805. The topological polar surface area (TPSA) is 76.1 Å². The number of nitrogens with zero attached hydrogens (tertiary/aromatic N) is 1. The van der Waals surface area contributed by atoms with Gasteiger partial charge in [-0.05, 0) is 32.4 Å². The van der Waals surface area contributed by atoms with Gasteiger partial charge in [-0.15, -0.1) is 0 Å². The van der Waals surface area contributed by atoms with Crippen LogP contribution in [0.1, 0.15) is 31.9 Å². The Bertz CT molecular complexity index is 591. The van der Waals surface area contributed by atoms with E-state index in [-0.39, 0.29) is 18.7 Å². The van der Waals surface area contributed by atoms with E-state index < -0.39 is 23.7 Å². The molecule has 1 aromatic carbocycles. The van der Waals surface area contributed by atoms with Crippen molar-refractivity contribution < 1.29 is 24.2 Å². The van der Waals surface area contributed by atoms with Gasteiger partial charge in [0.1, 0.15) is 17.4 Å². The molecule has 0 bridgehead atoms. The minimum absolute atomic E-state index is 0.121. The fraction of sp³-hybridized carbons (Fsp3) is 0.500. The summed E-state index contributed by atoms with van der Waals surface area (Å²) in [5, 5.41) is 9.95. The number of hydrogen-bond donors (Lipinski definition) is 1. The van der Waals surface area contributed by atoms with Gasteiger partial charge in [-0.3, -0.25) is 4.90 Å². The molecule has 1 atom stereocenters. The van der Waals surface area contributed by atoms with Crippen LogP contribution >= 0.6 is 0 Å². The number of aromatic hydroxyl groups is 1. The third-order valence-electron chi connectivity index (χ3n) is 3.46. The number of phenols is 1. The maximum atomic E-state index is 12.4. The highest BCUT2D eigenvalue weighted by Gasteiger charge is 2.38. The Morgan fingerprint density at radius 2 is 2.00 bits per heavy atom. The standard InChI is InChI=1S/C16H21NO5/c1-16(2,3)22-15(20)17-9-10-6-5-7-13(18)11(10)8-12(17)14(19)21-4/h5-7,12,18H,8-9H2,1-4H3/t12-/m0/s1. The molecule has 1 heterocycles. The van der Waals surface area contributed by atoms with Crippen LogP contribution in [-0.2, 0) is 27.2 Å². The van der Waals surface area contributed by atoms with E-state index in [1.807, 2.05) is 6.07 Å². The molecule has 120 valence electrons. The molecule has 6 heteroatoms. The molecule has 1 aliphatic heterocycles. The van der Waals surface area contributed by atoms with Crippen LogP contribution in [0.4, 0.5) is 4.79 Å². The van der Waals surface area contributed by atoms with Gasteiger partial charge in [-0.2, -0.15) is 0 Å². The molecule has 0 aliphatic carbocycles. The van der Waals surface area contributed by atoms with E-state index in [2.05, 4.69) is 0 Å². The lowest BCUT2D eigenvalue weighted by Gasteiger charge is -2.36. The molecular formula is C16H21NO5. The van der Waals surface area contributed by atoms with Gasteiger partial charge in [0.2, 0.25) is 0 Å². The van der Waals surface area contributed by atoms with Crippen LogP contribution < -0.4 is 0 Å². The predicted octanol–water partition coefficient (Wildman–Crippen LogP) is 2.23. The molecule has 0 saturated heterocycles. The van der Waals surface area contributed by atoms with Crippen molar-refractivity contribution >= 4 is 12.1 Å². The lowest BCUT2D eigenvalue weighted by Crippen LogP contribution is -2.50. The summed E-state index contributed by atoms with van der Waals surface area (Å²) in [6.45, 7) is 5.49. The number of methoxy groups -OCH3 is 1. The maximum Gasteiger partial charge on any atom is 0.411 e. The zero-order valence-corrected chi connectivity index (χ0v) is 13.3. The first kappa shape index (κ1) is 16.1. The number of rotatable bonds is 1. The molecule has 0 fully saturated rings. The number of amides is 1. The number of fused-ring (bicyclic) bond motifs is 1. The van der Waals surface area contributed by atoms with Crippen molar-refractivity contribution in [1.82, 2.24) is 4.90 Å². The molecule has 0 saturated carbocycles. The number of carbonyl (C=O) groups excluding carboxylic acids is 2. The van der Waals surface area contributed by atoms with Gasteiger partial charge in [0, 0.05) is 12.0 Å². The van der Waals surface area contributed by atoms with Gasteiger partial charge < -0.3 is 14.6 Å². The second kappa shape index (κ2) is 5.87. The average Bonchev–Trinajstić information content (AvgIpc) is 2.44. The molecular weight excluding hydrogens is 286 g/mol. The smallest absolute Gasteiger partial charge is 0.411 e. The van der Waals surface area contributed by atoms with Crippen LogP contribution in [-0.4, -0.2) is 40.8 Å². The van der Waals surface area contributed by atoms with Crippen LogP contribution in [0.2, 0.25) is 0 Å². The number of carbonyl (C=O) groups is 2. The Morgan fingerprint density at radius 1 is 1.32 bits per heavy atom. The molecule has 0 aromatic heterocycles. The summed E-state index contributed by atoms with van der Waals surface area (Å²) < 4.78 is 10.1. The van der Waals surface area contributed by atoms with Crippen molar-refractivity contribution in [2.24, 2.45) is 0 Å². The first-order chi connectivity index (χ1) is 10.2. The second-order valence-electron chi connectivity index (χ2n) is 6.27. The summed E-state index contributed by atoms with van der Waals surface area (Å²) in [6, 6.07) is 4.29. The van der Waals surface area contributed by atoms with Crippen molar-refractivity contribution in [3.63, 3.8) is 0 Å². The largest absolute Gasteiger partial charge is 0.508 e. The molecule has 0 unspecified atom stereocenters. The Morgan fingerprint density at radius 3 is 2.59 bits per heavy atom. The van der Waals surface area contributed by atoms with E-state index in [1.165, 1.54) is 12.0 Å². The summed E-state index contributed by atoms with van der Waals surface area (Å²) in [4.78, 5) is 25.7. The molecule has 22 heavy (non-hydrogen) atoms. The van der Waals surface area contributed by atoms with Gasteiger partial charge in [0.15, 0.2) is 0 Å². The van der Waals surface area contributed by atoms with Gasteiger partial charge in [0.05, 0.1) is 13.7 Å². The Balaban J connectivity index is 2.34. The highest BCUT2D eigenvalue weighted by atomic mass is 16.6. The monoisotopic (exact) mass is 307 g/mol. The third kappa shape index (κ3) is 3.32. The SMILES string of the molecule is COC(=O)[C@@H]1Cc2c(O)cccc2CN1C(=O)OC(C)(C)C. The summed E-state index contributed by atoms with van der Waals surface area (Å²) >= 11 is 0. The summed E-state index contributed by atoms with van der Waals surface area (Å²) in [6.07, 6.45) is -0.370. The van der Waals surface area contributed by atoms with Gasteiger partial charge >= 0.3 is 12.1 Å². The Hall–Kier alpha value is -2.24. The summed E-state index contributed by atoms with van der Waals surface area (Å²) in [5.74, 6) is -0.407. The predicted molar refractivity (Wildman–Crippen MR) is 79.4 cm³/mol. The number of benzene rings is 1. The molecule has 1 amide bonds. The number of hydrogen-bond acceptors (Lipinski definition) is 5. The first-order valence-electron chi connectivity index (χ1n) is 7.10. The highest BCUT2D eigenvalue weighted by molar-refractivity contribution is 5.82. The maximum absolute atomic E-state index is 12.4. The van der Waals surface area contributed by atoms with Crippen molar-refractivity contribution in [3.05, 3.63) is 29.3 Å². The minimum Gasteiger partial charge on any atom is -0.508 e. The van der Waals surface area contributed by atoms with Crippen molar-refractivity contribution in [3.8, 4) is 5.75 Å². The van der Waals surface area contributed by atoms with Crippen molar-refractivity contribution in [1.29, 1.82) is 0 Å². The lowest BCUT2D eigenvalue weighted by atomic mass is 9.93. The van der Waals surface area contributed by atoms with Gasteiger partial charge in [0.25, 0.3) is 0 Å². The Kier molecular flexibility index (Phi) is 4.30. The van der Waals surface area contributed by atoms with Gasteiger partial charge in [-0.25, -0.2) is 9.59 Å². The molecule has 2 rings (SSSR count). The van der Waals surface area contributed by atoms with E-state index in [4.69, 9.17) is 9.47 Å². The molecule has 0 spiro atoms. The van der Waals surface area contributed by atoms with Crippen molar-refractivity contribution in [2.75, 3.05) is 7.11 Å². The minimum atomic E-state index is -0.805. The number of phenolic OH excluding ortho intramolecular Hbond substituents is 1. The fourth-order valence-corrected chi connectivity index (χ4v) is 2.46. The zero-order chi connectivity index (χ0) is 16.5. The summed E-state index contributed by atoms with van der Waals surface area (Å²) in [7, 11) is 1.27. The van der Waals surface area contributed by atoms with Crippen LogP contribution in [0.5, 0.6) is 5.75 Å². The van der Waals surface area contributed by atoms with E-state index >= 15 is 0 Å². The first-order valence-corrected chi connectivity index (χ1v) is 7.10. The molecule has 1 N–H and O–H groups in total. The van der Waals surface area contributed by atoms with Crippen LogP contribution in [0.3, 0.4) is 0 Å². The van der Waals surface area contributed by atoms with E-state index in [1.54, 1.807) is 32.9 Å². The van der Waals surface area contributed by atoms with E-state index in [0.29, 0.717) is 5.56 Å². The molecule has 1 aromatic rings. The Labute approximate surface area is 129 Å². The lowest BCUT2D eigenvalue weighted by molar-refractivity contribution is -0.147. The molecule has 0 radical (unpaired) electrons. The van der Waals surface area contributed by atoms with Crippen molar-refractivity contribution in [2.45, 2.75) is 45.4 Å². The number of ether oxygens (including phenoxy) is 2. The fourth-order valence-electron chi connectivity index (χ4n) is 2.46. The normalized spacial score (nSPS) is 17.6. The van der Waals surface area contributed by atoms with Crippen LogP contribution in [0.15, 0.2) is 18.2 Å². The molecule has 6 nitrogen and oxygen atoms in total. The number of esters is 1. The summed E-state index contributed by atoms with van der Waals surface area (Å²) in [5.41, 5.74) is 0.806. The van der Waals surface area contributed by atoms with Crippen LogP contribution in [0, 0.1) is 0 Å². The second-order valence-corrected chi connectivity index (χ2v) is 6.27.